The van der Waals surface area contributed by atoms with E-state index in [-0.39, 0.29) is 5.91 Å². The lowest BCUT2D eigenvalue weighted by atomic mass is 10.2. The Kier molecular flexibility index (Phi) is 6.63. The second-order valence-electron chi connectivity index (χ2n) is 3.30. The number of carbonyl (C=O) groups is 1. The van der Waals surface area contributed by atoms with E-state index in [9.17, 15) is 4.79 Å². The molecule has 0 bridgehead atoms. The summed E-state index contributed by atoms with van der Waals surface area (Å²) in [5, 5.41) is 0.507. The summed E-state index contributed by atoms with van der Waals surface area (Å²) in [4.78, 5) is 13.7. The molecular weight excluding hydrogens is 348 g/mol. The zero-order chi connectivity index (χ0) is 12.8. The van der Waals surface area contributed by atoms with E-state index in [0.717, 1.165) is 4.47 Å². The Hall–Kier alpha value is 0.0400. The lowest BCUT2D eigenvalue weighted by Crippen LogP contribution is -2.34. The molecule has 0 unspecified atom stereocenters. The molecule has 94 valence electrons. The lowest BCUT2D eigenvalue weighted by Gasteiger charge is -2.20. The van der Waals surface area contributed by atoms with E-state index in [2.05, 4.69) is 15.9 Å². The number of halogens is 4. The first kappa shape index (κ1) is 15.1. The van der Waals surface area contributed by atoms with Gasteiger partial charge in [0.05, 0.1) is 5.02 Å². The predicted molar refractivity (Wildman–Crippen MR) is 76.5 cm³/mol. The molecule has 1 aromatic rings. The average Bonchev–Trinajstić information content (AvgIpc) is 2.31. The fourth-order valence-corrected chi connectivity index (χ4v) is 2.17. The first-order valence-electron chi connectivity index (χ1n) is 4.96. The van der Waals surface area contributed by atoms with Gasteiger partial charge in [-0.1, -0.05) is 11.6 Å². The van der Waals surface area contributed by atoms with Crippen LogP contribution in [0.1, 0.15) is 10.4 Å². The van der Waals surface area contributed by atoms with Crippen LogP contribution >= 0.6 is 50.7 Å². The summed E-state index contributed by atoms with van der Waals surface area (Å²) in [6, 6.07) is 5.09. The van der Waals surface area contributed by atoms with E-state index >= 15 is 0 Å². The van der Waals surface area contributed by atoms with Crippen molar-refractivity contribution in [1.29, 1.82) is 0 Å². The quantitative estimate of drug-likeness (QED) is 0.727. The second kappa shape index (κ2) is 7.47. The van der Waals surface area contributed by atoms with E-state index in [1.54, 1.807) is 23.1 Å². The highest BCUT2D eigenvalue weighted by atomic mass is 79.9. The third kappa shape index (κ3) is 4.32. The standard InChI is InChI=1S/C11H11BrCl3NO/c12-9-2-1-8(7-10(9)15)11(17)16(5-3-13)6-4-14/h1-2,7H,3-6H2. The maximum atomic E-state index is 12.1. The van der Waals surface area contributed by atoms with Crippen LogP contribution in [0.4, 0.5) is 0 Å². The van der Waals surface area contributed by atoms with Crippen molar-refractivity contribution < 1.29 is 4.79 Å². The van der Waals surface area contributed by atoms with Crippen LogP contribution in [0.5, 0.6) is 0 Å². The molecule has 0 N–H and O–H groups in total. The molecule has 1 rings (SSSR count). The molecule has 0 radical (unpaired) electrons. The summed E-state index contributed by atoms with van der Waals surface area (Å²) >= 11 is 20.5. The van der Waals surface area contributed by atoms with E-state index in [1.807, 2.05) is 0 Å². The fraction of sp³-hybridized carbons (Fsp3) is 0.364. The van der Waals surface area contributed by atoms with Crippen molar-refractivity contribution in [2.24, 2.45) is 0 Å². The number of rotatable bonds is 5. The number of alkyl halides is 2. The van der Waals surface area contributed by atoms with Crippen LogP contribution in [0.15, 0.2) is 22.7 Å². The molecule has 0 aromatic heterocycles. The SMILES string of the molecule is O=C(c1ccc(Br)c(Cl)c1)N(CCCl)CCCl. The van der Waals surface area contributed by atoms with Crippen LogP contribution in [-0.2, 0) is 0 Å². The van der Waals surface area contributed by atoms with Crippen molar-refractivity contribution in [3.63, 3.8) is 0 Å². The van der Waals surface area contributed by atoms with E-state index < -0.39 is 0 Å². The summed E-state index contributed by atoms with van der Waals surface area (Å²) in [7, 11) is 0. The highest BCUT2D eigenvalue weighted by Gasteiger charge is 2.15. The first-order chi connectivity index (χ1) is 8.10. The Morgan fingerprint density at radius 3 is 2.29 bits per heavy atom. The van der Waals surface area contributed by atoms with Gasteiger partial charge >= 0.3 is 0 Å². The molecule has 0 spiro atoms. The molecule has 1 amide bonds. The third-order valence-electron chi connectivity index (χ3n) is 2.16. The predicted octanol–water partition coefficient (Wildman–Crippen LogP) is 4.02. The molecule has 0 saturated carbocycles. The Morgan fingerprint density at radius 1 is 1.24 bits per heavy atom. The van der Waals surface area contributed by atoms with Gasteiger partial charge in [0, 0.05) is 34.9 Å². The molecule has 1 aromatic carbocycles. The Morgan fingerprint density at radius 2 is 1.82 bits per heavy atom. The molecule has 0 fully saturated rings. The van der Waals surface area contributed by atoms with Gasteiger partial charge in [-0.2, -0.15) is 0 Å². The van der Waals surface area contributed by atoms with Gasteiger partial charge in [0.25, 0.3) is 5.91 Å². The number of nitrogens with zero attached hydrogens (tertiary/aromatic N) is 1. The molecule has 6 heteroatoms. The van der Waals surface area contributed by atoms with Gasteiger partial charge in [-0.3, -0.25) is 4.79 Å². The maximum absolute atomic E-state index is 12.1. The van der Waals surface area contributed by atoms with E-state index in [1.165, 1.54) is 0 Å². The Labute approximate surface area is 124 Å². The van der Waals surface area contributed by atoms with Crippen LogP contribution in [-0.4, -0.2) is 35.7 Å². The number of benzene rings is 1. The Balaban J connectivity index is 2.88. The highest BCUT2D eigenvalue weighted by molar-refractivity contribution is 9.10. The number of amides is 1. The molecule has 0 atom stereocenters. The van der Waals surface area contributed by atoms with Crippen molar-refractivity contribution in [2.45, 2.75) is 0 Å². The Bertz CT molecular complexity index is 394. The van der Waals surface area contributed by atoms with Crippen molar-refractivity contribution in [1.82, 2.24) is 4.90 Å². The number of hydrogen-bond acceptors (Lipinski definition) is 1. The van der Waals surface area contributed by atoms with Crippen molar-refractivity contribution in [3.8, 4) is 0 Å². The molecule has 0 aliphatic heterocycles. The maximum Gasteiger partial charge on any atom is 0.253 e. The van der Waals surface area contributed by atoms with Crippen LogP contribution in [0.3, 0.4) is 0 Å². The third-order valence-corrected chi connectivity index (χ3v) is 3.73. The second-order valence-corrected chi connectivity index (χ2v) is 5.32. The topological polar surface area (TPSA) is 20.3 Å². The number of carbonyl (C=O) groups excluding carboxylic acids is 1. The molecule has 0 saturated heterocycles. The summed E-state index contributed by atoms with van der Waals surface area (Å²) in [5.41, 5.74) is 0.536. The monoisotopic (exact) mass is 357 g/mol. The first-order valence-corrected chi connectivity index (χ1v) is 7.20. The van der Waals surface area contributed by atoms with Gasteiger partial charge in [0.15, 0.2) is 0 Å². The molecule has 0 aliphatic carbocycles. The minimum Gasteiger partial charge on any atom is -0.336 e. The largest absolute Gasteiger partial charge is 0.336 e. The summed E-state index contributed by atoms with van der Waals surface area (Å²) in [6.07, 6.45) is 0. The summed E-state index contributed by atoms with van der Waals surface area (Å²) < 4.78 is 0.761. The minimum atomic E-state index is -0.110. The smallest absolute Gasteiger partial charge is 0.253 e. The van der Waals surface area contributed by atoms with Crippen LogP contribution in [0.2, 0.25) is 5.02 Å². The van der Waals surface area contributed by atoms with Gasteiger partial charge in [-0.25, -0.2) is 0 Å². The zero-order valence-corrected chi connectivity index (χ0v) is 12.8. The van der Waals surface area contributed by atoms with Gasteiger partial charge in [-0.15, -0.1) is 23.2 Å². The normalized spacial score (nSPS) is 10.4. The van der Waals surface area contributed by atoms with Crippen molar-refractivity contribution in [3.05, 3.63) is 33.3 Å². The molecule has 0 aliphatic rings. The van der Waals surface area contributed by atoms with Crippen LogP contribution in [0, 0.1) is 0 Å². The molecule has 2 nitrogen and oxygen atoms in total. The van der Waals surface area contributed by atoms with Crippen molar-refractivity contribution >= 4 is 56.6 Å². The van der Waals surface area contributed by atoms with Crippen LogP contribution < -0.4 is 0 Å². The zero-order valence-electron chi connectivity index (χ0n) is 8.93. The molecular formula is C11H11BrCl3NO. The fourth-order valence-electron chi connectivity index (χ4n) is 1.33. The van der Waals surface area contributed by atoms with Gasteiger partial charge < -0.3 is 4.90 Å². The van der Waals surface area contributed by atoms with Gasteiger partial charge in [-0.05, 0) is 34.1 Å². The van der Waals surface area contributed by atoms with Gasteiger partial charge in [0.2, 0.25) is 0 Å². The minimum absolute atomic E-state index is 0.110. The van der Waals surface area contributed by atoms with Gasteiger partial charge in [0.1, 0.15) is 0 Å². The van der Waals surface area contributed by atoms with E-state index in [4.69, 9.17) is 34.8 Å². The summed E-state index contributed by atoms with van der Waals surface area (Å²) in [6.45, 7) is 0.946. The summed E-state index contributed by atoms with van der Waals surface area (Å²) in [5.74, 6) is 0.653. The highest BCUT2D eigenvalue weighted by Crippen LogP contribution is 2.23. The average molecular weight is 359 g/mol. The number of hydrogen-bond donors (Lipinski definition) is 0. The molecule has 0 heterocycles. The van der Waals surface area contributed by atoms with Crippen molar-refractivity contribution in [2.75, 3.05) is 24.8 Å². The van der Waals surface area contributed by atoms with Crippen LogP contribution in [0.25, 0.3) is 0 Å². The lowest BCUT2D eigenvalue weighted by molar-refractivity contribution is 0.0775. The molecule has 17 heavy (non-hydrogen) atoms. The van der Waals surface area contributed by atoms with E-state index in [0.29, 0.717) is 35.4 Å².